The van der Waals surface area contributed by atoms with Crippen LogP contribution in [0.1, 0.15) is 38.2 Å². The van der Waals surface area contributed by atoms with E-state index in [1.54, 1.807) is 11.0 Å². The van der Waals surface area contributed by atoms with Crippen LogP contribution in [0.15, 0.2) is 30.6 Å². The summed E-state index contributed by atoms with van der Waals surface area (Å²) >= 11 is 0. The maximum Gasteiger partial charge on any atom is 0.164 e. The topological polar surface area (TPSA) is 52.0 Å². The van der Waals surface area contributed by atoms with Gasteiger partial charge < -0.3 is 10.1 Å². The second-order valence-electron chi connectivity index (χ2n) is 5.71. The molecule has 0 radical (unpaired) electrons. The van der Waals surface area contributed by atoms with Crippen LogP contribution >= 0.6 is 0 Å². The standard InChI is InChI=1S/C16H24N4O/c1-12(2)10-21-15-7-5-14(6-8-15)13(3)17-9-16-18-11-20(4)19-16/h5-8,11-13,17H,9-10H2,1-4H3. The number of nitrogens with one attached hydrogen (secondary N) is 1. The summed E-state index contributed by atoms with van der Waals surface area (Å²) in [6.45, 7) is 7.83. The van der Waals surface area contributed by atoms with E-state index in [0.717, 1.165) is 18.2 Å². The van der Waals surface area contributed by atoms with Crippen molar-refractivity contribution in [2.45, 2.75) is 33.4 Å². The van der Waals surface area contributed by atoms with Crippen molar-refractivity contribution < 1.29 is 4.74 Å². The fourth-order valence-electron chi connectivity index (χ4n) is 1.94. The molecule has 114 valence electrons. The molecule has 1 heterocycles. The summed E-state index contributed by atoms with van der Waals surface area (Å²) in [5.74, 6) is 2.27. The molecule has 1 N–H and O–H groups in total. The Balaban J connectivity index is 1.85. The lowest BCUT2D eigenvalue weighted by Gasteiger charge is -2.14. The third-order valence-corrected chi connectivity index (χ3v) is 3.18. The lowest BCUT2D eigenvalue weighted by Crippen LogP contribution is -2.19. The summed E-state index contributed by atoms with van der Waals surface area (Å²) in [6, 6.07) is 8.48. The molecule has 2 rings (SSSR count). The SMILES string of the molecule is CC(C)COc1ccc(C(C)NCc2ncn(C)n2)cc1. The van der Waals surface area contributed by atoms with E-state index in [2.05, 4.69) is 48.3 Å². The van der Waals surface area contributed by atoms with Gasteiger partial charge in [-0.1, -0.05) is 26.0 Å². The van der Waals surface area contributed by atoms with Crippen molar-refractivity contribution in [1.82, 2.24) is 20.1 Å². The van der Waals surface area contributed by atoms with Gasteiger partial charge in [-0.2, -0.15) is 5.10 Å². The Bertz CT molecular complexity index is 548. The summed E-state index contributed by atoms with van der Waals surface area (Å²) in [7, 11) is 1.87. The van der Waals surface area contributed by atoms with Gasteiger partial charge >= 0.3 is 0 Å². The van der Waals surface area contributed by atoms with Crippen molar-refractivity contribution in [3.05, 3.63) is 42.0 Å². The fourth-order valence-corrected chi connectivity index (χ4v) is 1.94. The van der Waals surface area contributed by atoms with Crippen LogP contribution in [-0.4, -0.2) is 21.4 Å². The Kier molecular flexibility index (Phi) is 5.33. The van der Waals surface area contributed by atoms with Crippen molar-refractivity contribution in [3.63, 3.8) is 0 Å². The van der Waals surface area contributed by atoms with Crippen LogP contribution in [0.4, 0.5) is 0 Å². The van der Waals surface area contributed by atoms with Gasteiger partial charge in [-0.3, -0.25) is 4.68 Å². The highest BCUT2D eigenvalue weighted by Gasteiger charge is 2.07. The first-order chi connectivity index (χ1) is 10.0. The first-order valence-electron chi connectivity index (χ1n) is 7.35. The molecule has 0 spiro atoms. The molecule has 0 bridgehead atoms. The summed E-state index contributed by atoms with van der Waals surface area (Å²) in [4.78, 5) is 4.21. The van der Waals surface area contributed by atoms with Gasteiger partial charge in [0.05, 0.1) is 13.2 Å². The average molecular weight is 288 g/mol. The zero-order valence-electron chi connectivity index (χ0n) is 13.2. The van der Waals surface area contributed by atoms with Crippen LogP contribution in [0, 0.1) is 5.92 Å². The van der Waals surface area contributed by atoms with E-state index >= 15 is 0 Å². The van der Waals surface area contributed by atoms with Crippen molar-refractivity contribution in [3.8, 4) is 5.75 Å². The largest absolute Gasteiger partial charge is 0.493 e. The monoisotopic (exact) mass is 288 g/mol. The third-order valence-electron chi connectivity index (χ3n) is 3.18. The Morgan fingerprint density at radius 2 is 1.90 bits per heavy atom. The molecule has 0 aliphatic rings. The number of nitrogens with zero attached hydrogens (tertiary/aromatic N) is 3. The molecule has 0 aliphatic carbocycles. The first-order valence-corrected chi connectivity index (χ1v) is 7.35. The van der Waals surface area contributed by atoms with Gasteiger partial charge in [0.1, 0.15) is 12.1 Å². The van der Waals surface area contributed by atoms with Crippen molar-refractivity contribution >= 4 is 0 Å². The minimum atomic E-state index is 0.243. The van der Waals surface area contributed by atoms with Gasteiger partial charge in [0, 0.05) is 13.1 Å². The second kappa shape index (κ2) is 7.22. The maximum absolute atomic E-state index is 5.69. The van der Waals surface area contributed by atoms with Crippen LogP contribution in [0.25, 0.3) is 0 Å². The molecule has 1 aromatic heterocycles. The van der Waals surface area contributed by atoms with Gasteiger partial charge in [-0.25, -0.2) is 4.98 Å². The summed E-state index contributed by atoms with van der Waals surface area (Å²) in [6.07, 6.45) is 1.71. The highest BCUT2D eigenvalue weighted by Crippen LogP contribution is 2.18. The van der Waals surface area contributed by atoms with Gasteiger partial charge in [-0.05, 0) is 30.5 Å². The lowest BCUT2D eigenvalue weighted by atomic mass is 10.1. The fraction of sp³-hybridized carbons (Fsp3) is 0.500. The summed E-state index contributed by atoms with van der Waals surface area (Å²) in [5.41, 5.74) is 1.22. The highest BCUT2D eigenvalue weighted by atomic mass is 16.5. The molecule has 21 heavy (non-hydrogen) atoms. The molecule has 1 unspecified atom stereocenters. The number of hydrogen-bond acceptors (Lipinski definition) is 4. The predicted molar refractivity (Wildman–Crippen MR) is 83.0 cm³/mol. The number of benzene rings is 1. The molecular weight excluding hydrogens is 264 g/mol. The molecule has 0 fully saturated rings. The molecule has 2 aromatic rings. The lowest BCUT2D eigenvalue weighted by molar-refractivity contribution is 0.271. The Labute approximate surface area is 126 Å². The minimum absolute atomic E-state index is 0.243. The van der Waals surface area contributed by atoms with Crippen LogP contribution in [0.5, 0.6) is 5.75 Å². The van der Waals surface area contributed by atoms with E-state index in [1.807, 2.05) is 19.2 Å². The second-order valence-corrected chi connectivity index (χ2v) is 5.71. The van der Waals surface area contributed by atoms with E-state index in [0.29, 0.717) is 12.5 Å². The summed E-state index contributed by atoms with van der Waals surface area (Å²) in [5, 5.41) is 7.67. The molecule has 0 saturated carbocycles. The van der Waals surface area contributed by atoms with E-state index in [1.165, 1.54) is 5.56 Å². The van der Waals surface area contributed by atoms with Crippen LogP contribution < -0.4 is 10.1 Å². The van der Waals surface area contributed by atoms with Crippen molar-refractivity contribution in [2.75, 3.05) is 6.61 Å². The molecular formula is C16H24N4O. The van der Waals surface area contributed by atoms with E-state index < -0.39 is 0 Å². The Hall–Kier alpha value is -1.88. The van der Waals surface area contributed by atoms with Crippen LogP contribution in [0.2, 0.25) is 0 Å². The van der Waals surface area contributed by atoms with Crippen LogP contribution in [0.3, 0.4) is 0 Å². The van der Waals surface area contributed by atoms with Crippen molar-refractivity contribution in [1.29, 1.82) is 0 Å². The smallest absolute Gasteiger partial charge is 0.164 e. The molecule has 5 nitrogen and oxygen atoms in total. The number of rotatable bonds is 7. The quantitative estimate of drug-likeness (QED) is 0.851. The summed E-state index contributed by atoms with van der Waals surface area (Å²) < 4.78 is 7.40. The van der Waals surface area contributed by atoms with E-state index in [9.17, 15) is 0 Å². The molecule has 0 amide bonds. The normalized spacial score (nSPS) is 12.6. The number of hydrogen-bond donors (Lipinski definition) is 1. The van der Waals surface area contributed by atoms with E-state index in [4.69, 9.17) is 4.74 Å². The van der Waals surface area contributed by atoms with E-state index in [-0.39, 0.29) is 6.04 Å². The van der Waals surface area contributed by atoms with Gasteiger partial charge in [0.25, 0.3) is 0 Å². The minimum Gasteiger partial charge on any atom is -0.493 e. The maximum atomic E-state index is 5.69. The molecule has 1 atom stereocenters. The number of ether oxygens (including phenoxy) is 1. The zero-order chi connectivity index (χ0) is 15.2. The molecule has 0 saturated heterocycles. The Morgan fingerprint density at radius 3 is 2.48 bits per heavy atom. The molecule has 0 aliphatic heterocycles. The zero-order valence-corrected chi connectivity index (χ0v) is 13.2. The first kappa shape index (κ1) is 15.5. The van der Waals surface area contributed by atoms with Crippen molar-refractivity contribution in [2.24, 2.45) is 13.0 Å². The van der Waals surface area contributed by atoms with Crippen LogP contribution in [-0.2, 0) is 13.6 Å². The number of aryl methyl sites for hydroxylation is 1. The van der Waals surface area contributed by atoms with Gasteiger partial charge in [0.2, 0.25) is 0 Å². The Morgan fingerprint density at radius 1 is 1.19 bits per heavy atom. The molecule has 1 aromatic carbocycles. The predicted octanol–water partition coefficient (Wildman–Crippen LogP) is 2.70. The third kappa shape index (κ3) is 4.86. The molecule has 5 heteroatoms. The highest BCUT2D eigenvalue weighted by molar-refractivity contribution is 5.28. The van der Waals surface area contributed by atoms with Gasteiger partial charge in [-0.15, -0.1) is 0 Å². The van der Waals surface area contributed by atoms with Gasteiger partial charge in [0.15, 0.2) is 5.82 Å². The average Bonchev–Trinajstić information content (AvgIpc) is 2.89. The number of aromatic nitrogens is 3.